The average molecular weight is 237 g/mol. The number of nitrogens with one attached hydrogen (secondary N) is 1. The summed E-state index contributed by atoms with van der Waals surface area (Å²) >= 11 is 5.76. The molecule has 0 aromatic carbocycles. The van der Waals surface area contributed by atoms with Gasteiger partial charge in [0, 0.05) is 25.1 Å². The highest BCUT2D eigenvalue weighted by atomic mass is 35.5. The Morgan fingerprint density at radius 3 is 2.94 bits per heavy atom. The van der Waals surface area contributed by atoms with Crippen LogP contribution in [0.2, 0.25) is 5.02 Å². The zero-order valence-electron chi connectivity index (χ0n) is 8.37. The van der Waals surface area contributed by atoms with Crippen molar-refractivity contribution in [3.63, 3.8) is 0 Å². The molecule has 1 amide bonds. The van der Waals surface area contributed by atoms with Crippen LogP contribution in [0.4, 0.5) is 5.69 Å². The largest absolute Gasteiger partial charge is 0.326 e. The van der Waals surface area contributed by atoms with E-state index in [1.54, 1.807) is 0 Å². The summed E-state index contributed by atoms with van der Waals surface area (Å²) < 4.78 is 0. The van der Waals surface area contributed by atoms with E-state index in [-0.39, 0.29) is 29.5 Å². The molecule has 1 N–H and O–H groups in total. The Labute approximate surface area is 97.2 Å². The Morgan fingerprint density at radius 1 is 1.56 bits per heavy atom. The third-order valence-electron chi connectivity index (χ3n) is 2.50. The van der Waals surface area contributed by atoms with Crippen molar-refractivity contribution in [1.29, 1.82) is 0 Å². The first-order chi connectivity index (χ1) is 7.61. The van der Waals surface area contributed by atoms with E-state index in [0.29, 0.717) is 11.6 Å². The van der Waals surface area contributed by atoms with E-state index >= 15 is 0 Å². The molecule has 16 heavy (non-hydrogen) atoms. The Kier molecular flexibility index (Phi) is 2.71. The number of pyridine rings is 1. The predicted molar refractivity (Wildman–Crippen MR) is 61.4 cm³/mol. The van der Waals surface area contributed by atoms with E-state index < -0.39 is 0 Å². The molecule has 1 unspecified atom stereocenters. The van der Waals surface area contributed by atoms with Crippen molar-refractivity contribution >= 4 is 23.2 Å². The second-order valence-electron chi connectivity index (χ2n) is 3.60. The summed E-state index contributed by atoms with van der Waals surface area (Å²) in [5, 5.41) is 0.381. The van der Waals surface area contributed by atoms with Crippen LogP contribution in [0.15, 0.2) is 17.1 Å². The molecule has 0 spiro atoms. The zero-order valence-corrected chi connectivity index (χ0v) is 9.12. The van der Waals surface area contributed by atoms with Crippen molar-refractivity contribution in [2.45, 2.75) is 6.42 Å². The topological polar surface area (TPSA) is 53.2 Å². The maximum atomic E-state index is 11.6. The van der Waals surface area contributed by atoms with Gasteiger partial charge in [0.05, 0.1) is 5.02 Å². The maximum absolute atomic E-state index is 11.6. The minimum atomic E-state index is -0.338. The summed E-state index contributed by atoms with van der Waals surface area (Å²) in [4.78, 5) is 27.0. The third-order valence-corrected chi connectivity index (χ3v) is 2.72. The predicted octanol–water partition coefficient (Wildman–Crippen LogP) is 1.01. The third kappa shape index (κ3) is 1.82. The van der Waals surface area contributed by atoms with Crippen molar-refractivity contribution in [3.05, 3.63) is 27.6 Å². The molecule has 1 aliphatic rings. The fourth-order valence-corrected chi connectivity index (χ4v) is 1.86. The minimum Gasteiger partial charge on any atom is -0.326 e. The average Bonchev–Trinajstić information content (AvgIpc) is 2.63. The molecule has 1 atom stereocenters. The minimum absolute atomic E-state index is 0.133. The van der Waals surface area contributed by atoms with E-state index in [1.807, 2.05) is 0 Å². The van der Waals surface area contributed by atoms with Crippen LogP contribution in [0.3, 0.4) is 0 Å². The molecule has 4 nitrogen and oxygen atoms in total. The van der Waals surface area contributed by atoms with Crippen LogP contribution in [-0.4, -0.2) is 17.4 Å². The zero-order chi connectivity index (χ0) is 11.7. The number of terminal acetylenes is 1. The van der Waals surface area contributed by atoms with E-state index in [4.69, 9.17) is 18.0 Å². The SMILES string of the molecule is C#CC1CC(=O)N(c2cc(Cl)c[nH]c2=O)C1. The number of aromatic nitrogens is 1. The van der Waals surface area contributed by atoms with Crippen molar-refractivity contribution in [1.82, 2.24) is 4.98 Å². The molecule has 0 radical (unpaired) electrons. The molecular weight excluding hydrogens is 228 g/mol. The van der Waals surface area contributed by atoms with Crippen LogP contribution in [0, 0.1) is 18.3 Å². The summed E-state index contributed by atoms with van der Waals surface area (Å²) in [7, 11) is 0. The molecule has 5 heteroatoms. The molecule has 1 aromatic heterocycles. The highest BCUT2D eigenvalue weighted by Gasteiger charge is 2.30. The molecule has 1 saturated heterocycles. The first-order valence-corrected chi connectivity index (χ1v) is 5.14. The molecule has 82 valence electrons. The summed E-state index contributed by atoms with van der Waals surface area (Å²) in [6.07, 6.45) is 6.93. The van der Waals surface area contributed by atoms with Gasteiger partial charge in [-0.05, 0) is 6.07 Å². The van der Waals surface area contributed by atoms with Crippen LogP contribution in [0.5, 0.6) is 0 Å². The van der Waals surface area contributed by atoms with Gasteiger partial charge in [-0.25, -0.2) is 0 Å². The van der Waals surface area contributed by atoms with E-state index in [9.17, 15) is 9.59 Å². The van der Waals surface area contributed by atoms with Crippen LogP contribution < -0.4 is 10.5 Å². The van der Waals surface area contributed by atoms with Crippen LogP contribution in [-0.2, 0) is 4.79 Å². The number of carbonyl (C=O) groups is 1. The summed E-state index contributed by atoms with van der Waals surface area (Å²) in [5.74, 6) is 2.24. The lowest BCUT2D eigenvalue weighted by molar-refractivity contribution is -0.117. The smallest absolute Gasteiger partial charge is 0.272 e. The van der Waals surface area contributed by atoms with Gasteiger partial charge < -0.3 is 9.88 Å². The Morgan fingerprint density at radius 2 is 2.31 bits per heavy atom. The number of carbonyl (C=O) groups excluding carboxylic acids is 1. The number of aromatic amines is 1. The molecule has 0 aliphatic carbocycles. The van der Waals surface area contributed by atoms with Gasteiger partial charge in [-0.15, -0.1) is 12.3 Å². The first kappa shape index (κ1) is 10.8. The number of nitrogens with zero attached hydrogens (tertiary/aromatic N) is 1. The molecular formula is C11H9ClN2O2. The maximum Gasteiger partial charge on any atom is 0.272 e. The van der Waals surface area contributed by atoms with Gasteiger partial charge >= 0.3 is 0 Å². The molecule has 1 fully saturated rings. The Balaban J connectivity index is 2.39. The lowest BCUT2D eigenvalue weighted by atomic mass is 10.1. The molecule has 1 aromatic rings. The first-order valence-electron chi connectivity index (χ1n) is 4.76. The fourth-order valence-electron chi connectivity index (χ4n) is 1.70. The number of halogens is 1. The fraction of sp³-hybridized carbons (Fsp3) is 0.273. The highest BCUT2D eigenvalue weighted by Crippen LogP contribution is 2.23. The molecule has 0 bridgehead atoms. The standard InChI is InChI=1S/C11H9ClN2O2/c1-2-7-3-10(15)14(6-7)9-4-8(12)5-13-11(9)16/h1,4-5,7H,3,6H2,(H,13,16). The van der Waals surface area contributed by atoms with Crippen molar-refractivity contribution in [2.24, 2.45) is 5.92 Å². The molecule has 2 rings (SSSR count). The van der Waals surface area contributed by atoms with Crippen LogP contribution in [0.1, 0.15) is 6.42 Å². The number of rotatable bonds is 1. The molecule has 1 aliphatic heterocycles. The summed E-state index contributed by atoms with van der Waals surface area (Å²) in [5.41, 5.74) is -0.0781. The number of hydrogen-bond donors (Lipinski definition) is 1. The lowest BCUT2D eigenvalue weighted by Gasteiger charge is -2.14. The van der Waals surface area contributed by atoms with E-state index in [0.717, 1.165) is 0 Å². The van der Waals surface area contributed by atoms with Crippen molar-refractivity contribution < 1.29 is 4.79 Å². The Hall–Kier alpha value is -1.73. The van der Waals surface area contributed by atoms with E-state index in [1.165, 1.54) is 17.2 Å². The van der Waals surface area contributed by atoms with Gasteiger partial charge in [-0.2, -0.15) is 0 Å². The molecule has 2 heterocycles. The second-order valence-corrected chi connectivity index (χ2v) is 4.04. The van der Waals surface area contributed by atoms with Gasteiger partial charge in [0.2, 0.25) is 5.91 Å². The monoisotopic (exact) mass is 236 g/mol. The van der Waals surface area contributed by atoms with E-state index in [2.05, 4.69) is 10.9 Å². The van der Waals surface area contributed by atoms with Gasteiger partial charge in [-0.1, -0.05) is 11.6 Å². The highest BCUT2D eigenvalue weighted by molar-refractivity contribution is 6.30. The van der Waals surface area contributed by atoms with Gasteiger partial charge in [0.1, 0.15) is 5.69 Å². The van der Waals surface area contributed by atoms with Crippen LogP contribution in [0.25, 0.3) is 0 Å². The number of hydrogen-bond acceptors (Lipinski definition) is 2. The lowest BCUT2D eigenvalue weighted by Crippen LogP contribution is -2.30. The number of H-pyrrole nitrogens is 1. The van der Waals surface area contributed by atoms with Crippen molar-refractivity contribution in [3.8, 4) is 12.3 Å². The summed E-state index contributed by atoms with van der Waals surface area (Å²) in [6.45, 7) is 0.374. The normalized spacial score (nSPS) is 19.9. The quantitative estimate of drug-likeness (QED) is 0.740. The van der Waals surface area contributed by atoms with Gasteiger partial charge in [-0.3, -0.25) is 9.59 Å². The second kappa shape index (κ2) is 4.03. The van der Waals surface area contributed by atoms with Crippen LogP contribution >= 0.6 is 11.6 Å². The number of anilines is 1. The Bertz CT molecular complexity index is 530. The van der Waals surface area contributed by atoms with Gasteiger partial charge in [0.25, 0.3) is 5.56 Å². The van der Waals surface area contributed by atoms with Gasteiger partial charge in [0.15, 0.2) is 0 Å². The van der Waals surface area contributed by atoms with Crippen molar-refractivity contribution in [2.75, 3.05) is 11.4 Å². The molecule has 0 saturated carbocycles. The number of amides is 1. The summed E-state index contributed by atoms with van der Waals surface area (Å²) in [6, 6.07) is 1.47.